The molecule has 1 amide bonds. The molecule has 25 heavy (non-hydrogen) atoms. The maximum absolute atomic E-state index is 12.1. The smallest absolute Gasteiger partial charge is 0.220 e. The zero-order valence-corrected chi connectivity index (χ0v) is 16.4. The highest BCUT2D eigenvalue weighted by atomic mass is 35.5. The average molecular weight is 389 g/mol. The lowest BCUT2D eigenvalue weighted by molar-refractivity contribution is -0.122. The summed E-state index contributed by atoms with van der Waals surface area (Å²) >= 11 is 0. The van der Waals surface area contributed by atoms with Crippen molar-refractivity contribution in [3.05, 3.63) is 30.3 Å². The lowest BCUT2D eigenvalue weighted by atomic mass is 9.84. The van der Waals surface area contributed by atoms with Gasteiger partial charge in [0.2, 0.25) is 5.91 Å². The van der Waals surface area contributed by atoms with Crippen LogP contribution in [-0.4, -0.2) is 39.7 Å². The molecule has 1 heterocycles. The first kappa shape index (κ1) is 21.9. The number of rotatable bonds is 8. The van der Waals surface area contributed by atoms with E-state index in [-0.39, 0.29) is 24.1 Å². The molecule has 0 radical (unpaired) electrons. The van der Waals surface area contributed by atoms with Gasteiger partial charge in [-0.1, -0.05) is 25.1 Å². The molecule has 0 aromatic heterocycles. The third kappa shape index (κ3) is 7.34. The molecule has 1 fully saturated rings. The zero-order chi connectivity index (χ0) is 17.4. The van der Waals surface area contributed by atoms with Crippen LogP contribution in [0.1, 0.15) is 32.6 Å². The predicted molar refractivity (Wildman–Crippen MR) is 103 cm³/mol. The fraction of sp³-hybridized carbons (Fsp3) is 0.611. The molecule has 0 spiro atoms. The number of carbonyl (C=O) groups is 1. The molecule has 142 valence electrons. The summed E-state index contributed by atoms with van der Waals surface area (Å²) < 4.78 is 24.3. The molecule has 1 unspecified atom stereocenters. The molecule has 1 aliphatic rings. The minimum absolute atomic E-state index is 0. The van der Waals surface area contributed by atoms with Crippen molar-refractivity contribution >= 4 is 28.2 Å². The Balaban J connectivity index is 0.00000312. The molecule has 0 aliphatic carbocycles. The second-order valence-electron chi connectivity index (χ2n) is 6.60. The monoisotopic (exact) mass is 388 g/mol. The lowest BCUT2D eigenvalue weighted by Gasteiger charge is -2.27. The van der Waals surface area contributed by atoms with Crippen molar-refractivity contribution in [2.45, 2.75) is 37.5 Å². The first-order chi connectivity index (χ1) is 11.5. The predicted octanol–water partition coefficient (Wildman–Crippen LogP) is 2.41. The number of piperidine rings is 1. The van der Waals surface area contributed by atoms with E-state index in [2.05, 4.69) is 17.6 Å². The van der Waals surface area contributed by atoms with E-state index >= 15 is 0 Å². The summed E-state index contributed by atoms with van der Waals surface area (Å²) in [6.07, 6.45) is 3.22. The van der Waals surface area contributed by atoms with Crippen LogP contribution in [0, 0.1) is 11.8 Å². The number of nitrogens with one attached hydrogen (secondary N) is 2. The molecule has 0 bridgehead atoms. The normalized spacial score (nSPS) is 16.7. The molecule has 2 rings (SSSR count). The standard InChI is InChI=1S/C18H28N2O3S.ClH/c1-15(16-8-11-19-12-9-16)14-18(21)20-10-5-13-24(22,23)17-6-3-2-4-7-17;/h2-4,6-7,15-16,19H,5,8-14H2,1H3,(H,20,21);1H. The highest BCUT2D eigenvalue weighted by molar-refractivity contribution is 7.91. The van der Waals surface area contributed by atoms with E-state index in [0.717, 1.165) is 25.9 Å². The molecule has 5 nitrogen and oxygen atoms in total. The highest BCUT2D eigenvalue weighted by Gasteiger charge is 2.22. The average Bonchev–Trinajstić information content (AvgIpc) is 2.60. The Hall–Kier alpha value is -1.11. The fourth-order valence-electron chi connectivity index (χ4n) is 3.18. The van der Waals surface area contributed by atoms with Gasteiger partial charge in [0.1, 0.15) is 0 Å². The first-order valence-corrected chi connectivity index (χ1v) is 10.4. The molecule has 2 N–H and O–H groups in total. The van der Waals surface area contributed by atoms with E-state index < -0.39 is 9.84 Å². The molecular weight excluding hydrogens is 360 g/mol. The van der Waals surface area contributed by atoms with Gasteiger partial charge in [-0.05, 0) is 56.3 Å². The van der Waals surface area contributed by atoms with Crippen molar-refractivity contribution in [3.63, 3.8) is 0 Å². The van der Waals surface area contributed by atoms with Gasteiger partial charge < -0.3 is 10.6 Å². The highest BCUT2D eigenvalue weighted by Crippen LogP contribution is 2.24. The van der Waals surface area contributed by atoms with Crippen molar-refractivity contribution in [2.24, 2.45) is 11.8 Å². The van der Waals surface area contributed by atoms with Crippen LogP contribution >= 0.6 is 12.4 Å². The van der Waals surface area contributed by atoms with Crippen molar-refractivity contribution < 1.29 is 13.2 Å². The van der Waals surface area contributed by atoms with Crippen LogP contribution in [0.2, 0.25) is 0 Å². The van der Waals surface area contributed by atoms with Gasteiger partial charge in [0.05, 0.1) is 10.6 Å². The minimum Gasteiger partial charge on any atom is -0.356 e. The summed E-state index contributed by atoms with van der Waals surface area (Å²) in [6, 6.07) is 8.44. The van der Waals surface area contributed by atoms with Gasteiger partial charge in [0.15, 0.2) is 9.84 Å². The third-order valence-electron chi connectivity index (χ3n) is 4.71. The van der Waals surface area contributed by atoms with Crippen molar-refractivity contribution in [3.8, 4) is 0 Å². The lowest BCUT2D eigenvalue weighted by Crippen LogP contribution is -2.34. The summed E-state index contributed by atoms with van der Waals surface area (Å²) in [4.78, 5) is 12.4. The second-order valence-corrected chi connectivity index (χ2v) is 8.71. The Morgan fingerprint density at radius 3 is 2.52 bits per heavy atom. The van der Waals surface area contributed by atoms with Crippen LogP contribution in [0.4, 0.5) is 0 Å². The number of sulfone groups is 1. The second kappa shape index (κ2) is 10.8. The summed E-state index contributed by atoms with van der Waals surface area (Å²) in [7, 11) is -3.26. The van der Waals surface area contributed by atoms with Crippen molar-refractivity contribution in [1.82, 2.24) is 10.6 Å². The van der Waals surface area contributed by atoms with Gasteiger partial charge in [-0.15, -0.1) is 12.4 Å². The fourth-order valence-corrected chi connectivity index (χ4v) is 4.51. The van der Waals surface area contributed by atoms with E-state index in [9.17, 15) is 13.2 Å². The Morgan fingerprint density at radius 2 is 1.88 bits per heavy atom. The van der Waals surface area contributed by atoms with Crippen LogP contribution in [-0.2, 0) is 14.6 Å². The number of hydrogen-bond donors (Lipinski definition) is 2. The Labute approximate surface area is 157 Å². The minimum atomic E-state index is -3.26. The maximum atomic E-state index is 12.1. The molecule has 1 atom stereocenters. The van der Waals surface area contributed by atoms with E-state index in [1.54, 1.807) is 30.3 Å². The molecule has 1 aromatic rings. The number of amides is 1. The number of benzene rings is 1. The van der Waals surface area contributed by atoms with E-state index in [1.165, 1.54) is 0 Å². The quantitative estimate of drug-likeness (QED) is 0.670. The van der Waals surface area contributed by atoms with E-state index in [0.29, 0.717) is 36.1 Å². The maximum Gasteiger partial charge on any atom is 0.220 e. The van der Waals surface area contributed by atoms with Crippen LogP contribution in [0.3, 0.4) is 0 Å². The van der Waals surface area contributed by atoms with Crippen LogP contribution in [0.15, 0.2) is 35.2 Å². The number of carbonyl (C=O) groups excluding carboxylic acids is 1. The molecule has 1 aromatic carbocycles. The Kier molecular flexibility index (Phi) is 9.46. The Morgan fingerprint density at radius 1 is 1.24 bits per heavy atom. The molecule has 1 aliphatic heterocycles. The van der Waals surface area contributed by atoms with Gasteiger partial charge in [-0.2, -0.15) is 0 Å². The van der Waals surface area contributed by atoms with Gasteiger partial charge in [0, 0.05) is 13.0 Å². The van der Waals surface area contributed by atoms with Gasteiger partial charge >= 0.3 is 0 Å². The van der Waals surface area contributed by atoms with E-state index in [4.69, 9.17) is 0 Å². The van der Waals surface area contributed by atoms with Crippen molar-refractivity contribution in [2.75, 3.05) is 25.4 Å². The van der Waals surface area contributed by atoms with Gasteiger partial charge in [-0.25, -0.2) is 8.42 Å². The first-order valence-electron chi connectivity index (χ1n) is 8.74. The van der Waals surface area contributed by atoms with E-state index in [1.807, 2.05) is 0 Å². The molecular formula is C18H29ClN2O3S. The largest absolute Gasteiger partial charge is 0.356 e. The Bertz CT molecular complexity index is 616. The topological polar surface area (TPSA) is 75.3 Å². The zero-order valence-electron chi connectivity index (χ0n) is 14.7. The number of hydrogen-bond acceptors (Lipinski definition) is 4. The van der Waals surface area contributed by atoms with Crippen LogP contribution < -0.4 is 10.6 Å². The van der Waals surface area contributed by atoms with Crippen molar-refractivity contribution in [1.29, 1.82) is 0 Å². The molecule has 7 heteroatoms. The summed E-state index contributed by atoms with van der Waals surface area (Å²) in [5.74, 6) is 1.06. The van der Waals surface area contributed by atoms with Crippen LogP contribution in [0.25, 0.3) is 0 Å². The molecule has 1 saturated heterocycles. The summed E-state index contributed by atoms with van der Waals surface area (Å²) in [5, 5.41) is 6.19. The summed E-state index contributed by atoms with van der Waals surface area (Å²) in [5.41, 5.74) is 0. The molecule has 0 saturated carbocycles. The third-order valence-corrected chi connectivity index (χ3v) is 6.53. The number of halogens is 1. The summed E-state index contributed by atoms with van der Waals surface area (Å²) in [6.45, 7) is 4.61. The van der Waals surface area contributed by atoms with Gasteiger partial charge in [-0.3, -0.25) is 4.79 Å². The SMILES string of the molecule is CC(CC(=O)NCCCS(=O)(=O)c1ccccc1)C1CCNCC1.Cl. The van der Waals surface area contributed by atoms with Gasteiger partial charge in [0.25, 0.3) is 0 Å². The van der Waals surface area contributed by atoms with Crippen LogP contribution in [0.5, 0.6) is 0 Å².